The monoisotopic (exact) mass is 590 g/mol. The molecule has 4 aliphatic carbocycles. The maximum absolute atomic E-state index is 14.4. The Kier molecular flexibility index (Phi) is 6.82. The van der Waals surface area contributed by atoms with E-state index in [9.17, 15) is 23.4 Å². The molecule has 2 unspecified atom stereocenters. The van der Waals surface area contributed by atoms with Crippen LogP contribution in [0.25, 0.3) is 0 Å². The number of hydrogen-bond donors (Lipinski definition) is 2. The van der Waals surface area contributed by atoms with Gasteiger partial charge in [-0.05, 0) is 68.4 Å². The summed E-state index contributed by atoms with van der Waals surface area (Å²) in [5.74, 6) is -3.22. The average Bonchev–Trinajstić information content (AvgIpc) is 3.66. The molecular weight excluding hydrogens is 549 g/mol. The predicted molar refractivity (Wildman–Crippen MR) is 147 cm³/mol. The summed E-state index contributed by atoms with van der Waals surface area (Å²) in [6.45, 7) is 5.96. The van der Waals surface area contributed by atoms with Crippen molar-refractivity contribution in [2.24, 2.45) is 17.3 Å². The quantitative estimate of drug-likeness (QED) is 0.397. The largest absolute Gasteiger partial charge is 0.389 e. The highest BCUT2D eigenvalue weighted by atomic mass is 19.3. The van der Waals surface area contributed by atoms with E-state index < -0.39 is 46.5 Å². The number of aliphatic hydroxyl groups is 2. The summed E-state index contributed by atoms with van der Waals surface area (Å²) in [7, 11) is 0. The van der Waals surface area contributed by atoms with Crippen LogP contribution in [0.4, 0.5) is 13.2 Å². The van der Waals surface area contributed by atoms with Gasteiger partial charge in [0.1, 0.15) is 0 Å². The molecule has 6 atom stereocenters. The summed E-state index contributed by atoms with van der Waals surface area (Å²) in [6, 6.07) is 8.12. The van der Waals surface area contributed by atoms with Crippen molar-refractivity contribution in [3.05, 3.63) is 58.4 Å². The minimum absolute atomic E-state index is 0.00499. The summed E-state index contributed by atoms with van der Waals surface area (Å²) >= 11 is 0. The van der Waals surface area contributed by atoms with Gasteiger partial charge in [0.2, 0.25) is 0 Å². The number of halogens is 3. The van der Waals surface area contributed by atoms with Crippen LogP contribution in [0.3, 0.4) is 0 Å². The first kappa shape index (κ1) is 29.0. The molecule has 2 N–H and O–H groups in total. The van der Waals surface area contributed by atoms with Crippen LogP contribution in [0.2, 0.25) is 0 Å². The molecule has 6 aliphatic rings. The lowest BCUT2D eigenvalue weighted by atomic mass is 9.49. The number of rotatable bonds is 4. The molecule has 3 saturated carbocycles. The molecule has 2 saturated heterocycles. The molecule has 0 aromatic heterocycles. The topological polar surface area (TPSA) is 77.4 Å². The Morgan fingerprint density at radius 1 is 0.881 bits per heavy atom. The van der Waals surface area contributed by atoms with E-state index in [1.807, 2.05) is 26.0 Å². The molecule has 2 heterocycles. The molecule has 1 spiro atoms. The van der Waals surface area contributed by atoms with Gasteiger partial charge in [-0.25, -0.2) is 4.39 Å². The van der Waals surface area contributed by atoms with Gasteiger partial charge in [-0.3, -0.25) is 0 Å². The highest BCUT2D eigenvalue weighted by Gasteiger charge is 2.65. The van der Waals surface area contributed by atoms with Gasteiger partial charge in [-0.1, -0.05) is 36.8 Å². The first-order valence-electron chi connectivity index (χ1n) is 15.5. The van der Waals surface area contributed by atoms with Crippen molar-refractivity contribution in [2.75, 3.05) is 26.4 Å². The van der Waals surface area contributed by atoms with Crippen LogP contribution >= 0.6 is 0 Å². The first-order valence-corrected chi connectivity index (χ1v) is 15.5. The highest BCUT2D eigenvalue weighted by Crippen LogP contribution is 2.69. The minimum Gasteiger partial charge on any atom is -0.389 e. The predicted octanol–water partition coefficient (Wildman–Crippen LogP) is 6.37. The fourth-order valence-electron chi connectivity index (χ4n) is 9.72. The highest BCUT2D eigenvalue weighted by molar-refractivity contribution is 5.45. The van der Waals surface area contributed by atoms with E-state index in [0.717, 1.165) is 16.7 Å². The first-order chi connectivity index (χ1) is 19.9. The van der Waals surface area contributed by atoms with E-state index in [0.29, 0.717) is 71.4 Å². The third kappa shape index (κ3) is 4.29. The Balaban J connectivity index is 1.32. The lowest BCUT2D eigenvalue weighted by Crippen LogP contribution is -2.55. The van der Waals surface area contributed by atoms with E-state index in [1.54, 1.807) is 0 Å². The van der Waals surface area contributed by atoms with Crippen molar-refractivity contribution in [1.29, 1.82) is 0 Å². The number of ether oxygens (including phenoxy) is 4. The molecule has 2 aliphatic heterocycles. The Morgan fingerprint density at radius 2 is 1.55 bits per heavy atom. The van der Waals surface area contributed by atoms with E-state index in [2.05, 4.69) is 12.1 Å². The Hall–Kier alpha value is -1.75. The van der Waals surface area contributed by atoms with E-state index in [-0.39, 0.29) is 24.2 Å². The third-order valence-electron chi connectivity index (χ3n) is 11.9. The van der Waals surface area contributed by atoms with Crippen molar-refractivity contribution in [1.82, 2.24) is 0 Å². The summed E-state index contributed by atoms with van der Waals surface area (Å²) in [4.78, 5) is 0. The maximum atomic E-state index is 14.4. The van der Waals surface area contributed by atoms with Gasteiger partial charge in [-0.15, -0.1) is 0 Å². The molecular formula is C33H41F3O6. The zero-order valence-electron chi connectivity index (χ0n) is 24.4. The second kappa shape index (κ2) is 9.88. The van der Waals surface area contributed by atoms with Gasteiger partial charge < -0.3 is 29.2 Å². The van der Waals surface area contributed by atoms with Gasteiger partial charge in [0.25, 0.3) is 0 Å². The molecule has 7 rings (SSSR count). The molecule has 1 aromatic rings. The smallest absolute Gasteiger partial charge is 0.301 e. The SMILES string of the molecule is CC1(c2ccc([C@H]3C[C@@]4(C)C(CC[C@@]4(O)CC(F)=C(F)F)C4CC[C@@]5(O)CC6(CCC5=C43)OCCO6)cc2)OCCO1. The van der Waals surface area contributed by atoms with Crippen molar-refractivity contribution < 1.29 is 42.3 Å². The zero-order valence-corrected chi connectivity index (χ0v) is 24.4. The Labute approximate surface area is 244 Å². The molecule has 5 fully saturated rings. The van der Waals surface area contributed by atoms with Gasteiger partial charge in [0, 0.05) is 36.2 Å². The lowest BCUT2D eigenvalue weighted by molar-refractivity contribution is -0.208. The van der Waals surface area contributed by atoms with Crippen LogP contribution in [-0.4, -0.2) is 53.6 Å². The van der Waals surface area contributed by atoms with E-state index in [1.165, 1.54) is 5.57 Å². The van der Waals surface area contributed by atoms with Crippen molar-refractivity contribution in [3.8, 4) is 0 Å². The van der Waals surface area contributed by atoms with Crippen molar-refractivity contribution in [3.63, 3.8) is 0 Å². The van der Waals surface area contributed by atoms with Crippen LogP contribution in [-0.2, 0) is 24.7 Å². The standard InChI is InChI=1S/C33H41F3O6/c1-29-17-23(20-3-5-21(6-4-20)30(2)39-13-14-40-30)27-22(24(29)8-11-32(29,38)18-26(34)28(35)36)7-10-31(37)19-33(12-9-25(27)31)41-15-16-42-33/h3-6,22-24,37-38H,7-19H2,1-2H3/t22?,23-,24?,29+,31-,32-/m1/s1. The molecule has 1 aromatic carbocycles. The van der Waals surface area contributed by atoms with E-state index in [4.69, 9.17) is 18.9 Å². The number of fused-ring (bicyclic) bond motifs is 4. The molecule has 0 bridgehead atoms. The molecule has 42 heavy (non-hydrogen) atoms. The normalized spacial score (nSPS) is 40.1. The van der Waals surface area contributed by atoms with Crippen LogP contribution in [0, 0.1) is 17.3 Å². The molecule has 0 amide bonds. The average molecular weight is 591 g/mol. The number of allylic oxidation sites excluding steroid dienone is 1. The Morgan fingerprint density at radius 3 is 2.21 bits per heavy atom. The zero-order chi connectivity index (χ0) is 29.5. The van der Waals surface area contributed by atoms with Gasteiger partial charge >= 0.3 is 6.08 Å². The van der Waals surface area contributed by atoms with Crippen LogP contribution in [0.1, 0.15) is 88.7 Å². The van der Waals surface area contributed by atoms with Gasteiger partial charge in [-0.2, -0.15) is 8.78 Å². The fraction of sp³-hybridized carbons (Fsp3) is 0.697. The summed E-state index contributed by atoms with van der Waals surface area (Å²) < 4.78 is 64.8. The fourth-order valence-corrected chi connectivity index (χ4v) is 9.72. The maximum Gasteiger partial charge on any atom is 0.301 e. The summed E-state index contributed by atoms with van der Waals surface area (Å²) in [5.41, 5.74) is 0.747. The molecule has 230 valence electrons. The number of hydrogen-bond acceptors (Lipinski definition) is 6. The van der Waals surface area contributed by atoms with Gasteiger partial charge in [0.15, 0.2) is 17.4 Å². The summed E-state index contributed by atoms with van der Waals surface area (Å²) in [6.07, 6.45) is 1.27. The van der Waals surface area contributed by atoms with Crippen LogP contribution in [0.15, 0.2) is 47.3 Å². The summed E-state index contributed by atoms with van der Waals surface area (Å²) in [5, 5.41) is 24.1. The minimum atomic E-state index is -2.36. The second-order valence-electron chi connectivity index (χ2n) is 13.9. The molecule has 6 nitrogen and oxygen atoms in total. The Bertz CT molecular complexity index is 1300. The van der Waals surface area contributed by atoms with Crippen molar-refractivity contribution >= 4 is 0 Å². The van der Waals surface area contributed by atoms with E-state index >= 15 is 0 Å². The van der Waals surface area contributed by atoms with Crippen LogP contribution < -0.4 is 0 Å². The van der Waals surface area contributed by atoms with Crippen LogP contribution in [0.5, 0.6) is 0 Å². The molecule has 9 heteroatoms. The third-order valence-corrected chi connectivity index (χ3v) is 11.9. The second-order valence-corrected chi connectivity index (χ2v) is 13.9. The van der Waals surface area contributed by atoms with Crippen molar-refractivity contribution in [2.45, 2.75) is 100 Å². The molecule has 0 radical (unpaired) electrons. The number of benzene rings is 1. The van der Waals surface area contributed by atoms with Gasteiger partial charge in [0.05, 0.1) is 37.6 Å². The lowest BCUT2D eigenvalue weighted by Gasteiger charge is -2.57.